The molecule has 0 aromatic heterocycles. The first-order valence-electron chi connectivity index (χ1n) is 9.03. The van der Waals surface area contributed by atoms with Gasteiger partial charge in [0, 0.05) is 12.8 Å². The summed E-state index contributed by atoms with van der Waals surface area (Å²) in [6.07, 6.45) is 6.93. The highest BCUT2D eigenvalue weighted by molar-refractivity contribution is 5.66. The van der Waals surface area contributed by atoms with Gasteiger partial charge in [-0.15, -0.1) is 0 Å². The second-order valence-corrected chi connectivity index (χ2v) is 6.57. The van der Waals surface area contributed by atoms with Crippen molar-refractivity contribution in [1.82, 2.24) is 0 Å². The van der Waals surface area contributed by atoms with Crippen LogP contribution >= 0.6 is 0 Å². The second kappa shape index (κ2) is 11.6. The molecule has 0 aromatic carbocycles. The molecule has 140 valence electrons. The molecule has 1 aliphatic rings. The Morgan fingerprint density at radius 2 is 1.83 bits per heavy atom. The minimum atomic E-state index is -0.818. The Labute approximate surface area is 144 Å². The minimum absolute atomic E-state index is 0.226. The molecule has 1 fully saturated rings. The SMILES string of the molecule is CC[C@H](O)/C=C/[C@H](O)[C@@H]1C[C@H](O)[C@@H](CCCCCCCC(=O)O)O1. The van der Waals surface area contributed by atoms with Crippen LogP contribution in [0.25, 0.3) is 0 Å². The van der Waals surface area contributed by atoms with Crippen molar-refractivity contribution < 1.29 is 30.0 Å². The van der Waals surface area contributed by atoms with Crippen LogP contribution in [-0.4, -0.2) is 56.9 Å². The Morgan fingerprint density at radius 3 is 2.50 bits per heavy atom. The van der Waals surface area contributed by atoms with E-state index in [9.17, 15) is 20.1 Å². The largest absolute Gasteiger partial charge is 0.481 e. The Hall–Kier alpha value is -0.950. The van der Waals surface area contributed by atoms with E-state index in [2.05, 4.69) is 0 Å². The maximum absolute atomic E-state index is 10.4. The molecule has 1 heterocycles. The normalized spacial score (nSPS) is 26.8. The van der Waals surface area contributed by atoms with Crippen molar-refractivity contribution in [3.05, 3.63) is 12.2 Å². The molecular weight excluding hydrogens is 312 g/mol. The number of unbranched alkanes of at least 4 members (excludes halogenated alkanes) is 4. The molecule has 0 unspecified atom stereocenters. The quantitative estimate of drug-likeness (QED) is 0.319. The lowest BCUT2D eigenvalue weighted by Crippen LogP contribution is -2.25. The molecule has 4 N–H and O–H groups in total. The van der Waals surface area contributed by atoms with Gasteiger partial charge in [0.2, 0.25) is 0 Å². The van der Waals surface area contributed by atoms with E-state index in [-0.39, 0.29) is 12.5 Å². The minimum Gasteiger partial charge on any atom is -0.481 e. The summed E-state index contributed by atoms with van der Waals surface area (Å²) in [5, 5.41) is 38.1. The molecule has 0 spiro atoms. The van der Waals surface area contributed by atoms with Gasteiger partial charge in [0.15, 0.2) is 0 Å². The molecule has 5 atom stereocenters. The summed E-state index contributed by atoms with van der Waals surface area (Å²) in [5.41, 5.74) is 0. The summed E-state index contributed by atoms with van der Waals surface area (Å²) >= 11 is 0. The van der Waals surface area contributed by atoms with Crippen molar-refractivity contribution in [2.24, 2.45) is 0 Å². The number of ether oxygens (including phenoxy) is 1. The van der Waals surface area contributed by atoms with Crippen molar-refractivity contribution in [3.63, 3.8) is 0 Å². The van der Waals surface area contributed by atoms with Crippen LogP contribution in [-0.2, 0) is 9.53 Å². The highest BCUT2D eigenvalue weighted by Gasteiger charge is 2.36. The van der Waals surface area contributed by atoms with Gasteiger partial charge in [0.25, 0.3) is 0 Å². The van der Waals surface area contributed by atoms with E-state index in [0.717, 1.165) is 32.1 Å². The molecule has 0 radical (unpaired) electrons. The summed E-state index contributed by atoms with van der Waals surface area (Å²) in [6.45, 7) is 1.86. The molecule has 0 bridgehead atoms. The number of aliphatic carboxylic acids is 1. The summed E-state index contributed by atoms with van der Waals surface area (Å²) < 4.78 is 5.75. The maximum Gasteiger partial charge on any atom is 0.303 e. The van der Waals surface area contributed by atoms with Crippen LogP contribution in [0, 0.1) is 0 Å². The van der Waals surface area contributed by atoms with Crippen molar-refractivity contribution in [1.29, 1.82) is 0 Å². The van der Waals surface area contributed by atoms with Gasteiger partial charge in [-0.3, -0.25) is 4.79 Å². The lowest BCUT2D eigenvalue weighted by atomic mass is 10.0. The van der Waals surface area contributed by atoms with Crippen LogP contribution in [0.2, 0.25) is 0 Å². The van der Waals surface area contributed by atoms with Crippen LogP contribution in [0.4, 0.5) is 0 Å². The number of carboxylic acids is 1. The summed E-state index contributed by atoms with van der Waals surface area (Å²) in [4.78, 5) is 10.4. The molecule has 0 saturated carbocycles. The molecule has 0 aliphatic carbocycles. The predicted molar refractivity (Wildman–Crippen MR) is 90.7 cm³/mol. The van der Waals surface area contributed by atoms with Crippen molar-refractivity contribution >= 4 is 5.97 Å². The van der Waals surface area contributed by atoms with Gasteiger partial charge in [-0.1, -0.05) is 44.8 Å². The van der Waals surface area contributed by atoms with Gasteiger partial charge < -0.3 is 25.2 Å². The van der Waals surface area contributed by atoms with Gasteiger partial charge in [-0.25, -0.2) is 0 Å². The number of hydrogen-bond acceptors (Lipinski definition) is 5. The number of rotatable bonds is 12. The monoisotopic (exact) mass is 344 g/mol. The Morgan fingerprint density at radius 1 is 1.17 bits per heavy atom. The molecule has 0 aromatic rings. The standard InChI is InChI=1S/C18H32O6/c1-2-13(19)10-11-14(20)17-12-15(21)16(24-17)8-6-4-3-5-7-9-18(22)23/h10-11,13-17,19-21H,2-9,12H2,1H3,(H,22,23)/b11-10+/t13-,14-,15-,16+,17-/m0/s1. The zero-order chi connectivity index (χ0) is 17.9. The summed E-state index contributed by atoms with van der Waals surface area (Å²) in [6, 6.07) is 0. The van der Waals surface area contributed by atoms with Gasteiger partial charge in [0.1, 0.15) is 0 Å². The molecule has 1 saturated heterocycles. The number of carbonyl (C=O) groups is 1. The highest BCUT2D eigenvalue weighted by Crippen LogP contribution is 2.27. The Kier molecular flexibility index (Phi) is 10.2. The fraction of sp³-hybridized carbons (Fsp3) is 0.833. The molecule has 6 nitrogen and oxygen atoms in total. The van der Waals surface area contributed by atoms with Crippen LogP contribution in [0.3, 0.4) is 0 Å². The molecule has 24 heavy (non-hydrogen) atoms. The van der Waals surface area contributed by atoms with E-state index in [0.29, 0.717) is 19.3 Å². The number of aliphatic hydroxyl groups excluding tert-OH is 3. The first-order chi connectivity index (χ1) is 11.4. The van der Waals surface area contributed by atoms with Crippen LogP contribution in [0.5, 0.6) is 0 Å². The fourth-order valence-corrected chi connectivity index (χ4v) is 2.90. The third-order valence-electron chi connectivity index (χ3n) is 4.46. The van der Waals surface area contributed by atoms with E-state index in [1.54, 1.807) is 6.08 Å². The zero-order valence-electron chi connectivity index (χ0n) is 14.5. The predicted octanol–water partition coefficient (Wildman–Crippen LogP) is 2.01. The average Bonchev–Trinajstić information content (AvgIpc) is 2.92. The summed E-state index contributed by atoms with van der Waals surface area (Å²) in [7, 11) is 0. The van der Waals surface area contributed by atoms with Gasteiger partial charge in [-0.05, 0) is 19.3 Å². The average molecular weight is 344 g/mol. The fourth-order valence-electron chi connectivity index (χ4n) is 2.90. The van der Waals surface area contributed by atoms with Gasteiger partial charge in [-0.2, -0.15) is 0 Å². The van der Waals surface area contributed by atoms with Crippen molar-refractivity contribution in [2.75, 3.05) is 0 Å². The molecule has 6 heteroatoms. The molecule has 1 aliphatic heterocycles. The second-order valence-electron chi connectivity index (χ2n) is 6.57. The number of carboxylic acid groups (broad SMARTS) is 1. The van der Waals surface area contributed by atoms with Crippen molar-refractivity contribution in [3.8, 4) is 0 Å². The maximum atomic E-state index is 10.4. The van der Waals surface area contributed by atoms with Gasteiger partial charge in [0.05, 0.1) is 30.5 Å². The summed E-state index contributed by atoms with van der Waals surface area (Å²) in [5.74, 6) is -0.748. The highest BCUT2D eigenvalue weighted by atomic mass is 16.5. The first kappa shape index (κ1) is 21.1. The third-order valence-corrected chi connectivity index (χ3v) is 4.46. The Balaban J connectivity index is 2.19. The molecular formula is C18H32O6. The topological polar surface area (TPSA) is 107 Å². The van der Waals surface area contributed by atoms with E-state index >= 15 is 0 Å². The third kappa shape index (κ3) is 8.24. The van der Waals surface area contributed by atoms with Crippen molar-refractivity contribution in [2.45, 2.75) is 95.2 Å². The first-order valence-corrected chi connectivity index (χ1v) is 9.03. The van der Waals surface area contributed by atoms with E-state index < -0.39 is 30.4 Å². The zero-order valence-corrected chi connectivity index (χ0v) is 14.5. The number of aliphatic hydroxyl groups is 3. The smallest absolute Gasteiger partial charge is 0.303 e. The van der Waals surface area contributed by atoms with Crippen LogP contribution in [0.15, 0.2) is 12.2 Å². The Bertz CT molecular complexity index is 384. The lowest BCUT2D eigenvalue weighted by Gasteiger charge is -2.17. The lowest BCUT2D eigenvalue weighted by molar-refractivity contribution is -0.137. The molecule has 0 amide bonds. The van der Waals surface area contributed by atoms with Crippen LogP contribution < -0.4 is 0 Å². The number of hydrogen-bond donors (Lipinski definition) is 4. The van der Waals surface area contributed by atoms with E-state index in [1.807, 2.05) is 6.92 Å². The van der Waals surface area contributed by atoms with Gasteiger partial charge >= 0.3 is 5.97 Å². The van der Waals surface area contributed by atoms with Crippen LogP contribution in [0.1, 0.15) is 64.7 Å². The van der Waals surface area contributed by atoms with E-state index in [1.165, 1.54) is 6.08 Å². The molecule has 1 rings (SSSR count). The van der Waals surface area contributed by atoms with E-state index in [4.69, 9.17) is 9.84 Å².